The maximum atomic E-state index is 12.0. The standard InChI is InChI=1S/C20H24N2O2.ClH/c1-3-22(4-2)15-16-24-19-8-5-17(6-9-19)7-10-20(23)18-11-13-21-14-12-18;/h5-14H,3-4,15-16H2,1-2H3;1H/b10-7+;. The van der Waals surface area contributed by atoms with E-state index in [-0.39, 0.29) is 18.2 Å². The molecule has 0 N–H and O–H groups in total. The molecule has 0 spiro atoms. The third-order valence-electron chi connectivity index (χ3n) is 3.84. The molecule has 134 valence electrons. The summed E-state index contributed by atoms with van der Waals surface area (Å²) in [5, 5.41) is 0. The SMILES string of the molecule is CCN(CC)CCOc1ccc(/C=C/C(=O)c2ccncc2)cc1.Cl. The van der Waals surface area contributed by atoms with Gasteiger partial charge in [-0.05, 0) is 49.0 Å². The highest BCUT2D eigenvalue weighted by Crippen LogP contribution is 2.13. The lowest BCUT2D eigenvalue weighted by Crippen LogP contribution is -2.27. The predicted molar refractivity (Wildman–Crippen MR) is 105 cm³/mol. The van der Waals surface area contributed by atoms with Gasteiger partial charge in [0, 0.05) is 24.5 Å². The van der Waals surface area contributed by atoms with E-state index in [1.165, 1.54) is 0 Å². The van der Waals surface area contributed by atoms with Crippen molar-refractivity contribution in [1.82, 2.24) is 9.88 Å². The van der Waals surface area contributed by atoms with Crippen molar-refractivity contribution in [2.75, 3.05) is 26.2 Å². The van der Waals surface area contributed by atoms with Gasteiger partial charge in [0.15, 0.2) is 5.78 Å². The Morgan fingerprint density at radius 2 is 1.72 bits per heavy atom. The lowest BCUT2D eigenvalue weighted by atomic mass is 10.1. The van der Waals surface area contributed by atoms with Crippen LogP contribution in [0.2, 0.25) is 0 Å². The average Bonchev–Trinajstić information content (AvgIpc) is 2.65. The Kier molecular flexibility index (Phi) is 9.51. The van der Waals surface area contributed by atoms with Crippen molar-refractivity contribution in [3.63, 3.8) is 0 Å². The molecule has 2 rings (SSSR count). The van der Waals surface area contributed by atoms with Crippen LogP contribution >= 0.6 is 12.4 Å². The second kappa shape index (κ2) is 11.4. The molecular weight excluding hydrogens is 336 g/mol. The number of carbonyl (C=O) groups is 1. The van der Waals surface area contributed by atoms with Gasteiger partial charge in [0.05, 0.1) is 0 Å². The summed E-state index contributed by atoms with van der Waals surface area (Å²) < 4.78 is 5.75. The largest absolute Gasteiger partial charge is 0.492 e. The number of ketones is 1. The predicted octanol–water partition coefficient (Wildman–Crippen LogP) is 4.12. The van der Waals surface area contributed by atoms with Crippen LogP contribution in [-0.4, -0.2) is 41.9 Å². The number of rotatable bonds is 9. The fraction of sp³-hybridized carbons (Fsp3) is 0.300. The molecule has 25 heavy (non-hydrogen) atoms. The summed E-state index contributed by atoms with van der Waals surface area (Å²) >= 11 is 0. The number of ether oxygens (including phenoxy) is 1. The van der Waals surface area contributed by atoms with E-state index in [0.717, 1.165) is 30.9 Å². The summed E-state index contributed by atoms with van der Waals surface area (Å²) in [6, 6.07) is 11.2. The molecule has 0 amide bonds. The van der Waals surface area contributed by atoms with Gasteiger partial charge >= 0.3 is 0 Å². The van der Waals surface area contributed by atoms with E-state index in [1.807, 2.05) is 30.3 Å². The molecule has 0 saturated heterocycles. The Balaban J connectivity index is 0.00000312. The summed E-state index contributed by atoms with van der Waals surface area (Å²) in [5.41, 5.74) is 1.60. The van der Waals surface area contributed by atoms with Gasteiger partial charge in [-0.1, -0.05) is 32.1 Å². The van der Waals surface area contributed by atoms with Gasteiger partial charge in [-0.3, -0.25) is 9.78 Å². The quantitative estimate of drug-likeness (QED) is 0.498. The molecule has 0 aliphatic rings. The van der Waals surface area contributed by atoms with Crippen molar-refractivity contribution in [3.05, 3.63) is 66.0 Å². The van der Waals surface area contributed by atoms with Crippen LogP contribution in [0.5, 0.6) is 5.75 Å². The second-order valence-electron chi connectivity index (χ2n) is 5.38. The third-order valence-corrected chi connectivity index (χ3v) is 3.84. The van der Waals surface area contributed by atoms with Crippen LogP contribution < -0.4 is 4.74 Å². The first-order valence-corrected chi connectivity index (χ1v) is 8.30. The number of pyridine rings is 1. The number of aromatic nitrogens is 1. The van der Waals surface area contributed by atoms with Crippen LogP contribution in [-0.2, 0) is 0 Å². The minimum atomic E-state index is -0.0306. The molecule has 0 saturated carbocycles. The lowest BCUT2D eigenvalue weighted by molar-refractivity contribution is 0.104. The minimum Gasteiger partial charge on any atom is -0.492 e. The zero-order valence-corrected chi connectivity index (χ0v) is 15.5. The zero-order valence-electron chi connectivity index (χ0n) is 14.7. The minimum absolute atomic E-state index is 0. The Labute approximate surface area is 155 Å². The highest BCUT2D eigenvalue weighted by atomic mass is 35.5. The fourth-order valence-corrected chi connectivity index (χ4v) is 2.29. The molecule has 0 bridgehead atoms. The summed E-state index contributed by atoms with van der Waals surface area (Å²) in [7, 11) is 0. The van der Waals surface area contributed by atoms with Gasteiger partial charge in [-0.25, -0.2) is 0 Å². The van der Waals surface area contributed by atoms with Gasteiger partial charge in [-0.2, -0.15) is 0 Å². The fourth-order valence-electron chi connectivity index (χ4n) is 2.29. The Morgan fingerprint density at radius 3 is 2.32 bits per heavy atom. The van der Waals surface area contributed by atoms with E-state index in [0.29, 0.717) is 12.2 Å². The maximum Gasteiger partial charge on any atom is 0.185 e. The number of likely N-dealkylation sites (N-methyl/N-ethyl adjacent to an activating group) is 1. The van der Waals surface area contributed by atoms with Crippen molar-refractivity contribution < 1.29 is 9.53 Å². The van der Waals surface area contributed by atoms with E-state index in [9.17, 15) is 4.79 Å². The summed E-state index contributed by atoms with van der Waals surface area (Å²) in [6.07, 6.45) is 6.62. The topological polar surface area (TPSA) is 42.4 Å². The first-order chi connectivity index (χ1) is 11.7. The zero-order chi connectivity index (χ0) is 17.2. The molecule has 0 radical (unpaired) electrons. The van der Waals surface area contributed by atoms with Crippen molar-refractivity contribution in [1.29, 1.82) is 0 Å². The maximum absolute atomic E-state index is 12.0. The average molecular weight is 361 g/mol. The molecular formula is C20H25ClN2O2. The van der Waals surface area contributed by atoms with E-state index >= 15 is 0 Å². The molecule has 0 atom stereocenters. The Morgan fingerprint density at radius 1 is 1.08 bits per heavy atom. The van der Waals surface area contributed by atoms with Crippen LogP contribution in [0.25, 0.3) is 6.08 Å². The molecule has 0 aliphatic heterocycles. The number of hydrogen-bond acceptors (Lipinski definition) is 4. The highest BCUT2D eigenvalue weighted by molar-refractivity contribution is 6.06. The molecule has 1 aromatic heterocycles. The summed E-state index contributed by atoms with van der Waals surface area (Å²) in [4.78, 5) is 18.2. The molecule has 1 aromatic carbocycles. The van der Waals surface area contributed by atoms with E-state index in [1.54, 1.807) is 30.6 Å². The van der Waals surface area contributed by atoms with Crippen molar-refractivity contribution in [2.45, 2.75) is 13.8 Å². The number of carbonyl (C=O) groups excluding carboxylic acids is 1. The molecule has 1 heterocycles. The van der Waals surface area contributed by atoms with Gasteiger partial charge in [0.25, 0.3) is 0 Å². The molecule has 2 aromatic rings. The highest BCUT2D eigenvalue weighted by Gasteiger charge is 2.01. The molecule has 0 aliphatic carbocycles. The van der Waals surface area contributed by atoms with Crippen LogP contribution in [0.1, 0.15) is 29.8 Å². The monoisotopic (exact) mass is 360 g/mol. The summed E-state index contributed by atoms with van der Waals surface area (Å²) in [5.74, 6) is 0.816. The van der Waals surface area contributed by atoms with E-state index in [2.05, 4.69) is 23.7 Å². The number of hydrogen-bond donors (Lipinski definition) is 0. The van der Waals surface area contributed by atoms with E-state index in [4.69, 9.17) is 4.74 Å². The number of halogens is 1. The van der Waals surface area contributed by atoms with Gasteiger partial charge < -0.3 is 9.64 Å². The van der Waals surface area contributed by atoms with Gasteiger partial charge in [-0.15, -0.1) is 12.4 Å². The molecule has 4 nitrogen and oxygen atoms in total. The van der Waals surface area contributed by atoms with Crippen molar-refractivity contribution in [3.8, 4) is 5.75 Å². The van der Waals surface area contributed by atoms with Crippen LogP contribution in [0.15, 0.2) is 54.9 Å². The third kappa shape index (κ3) is 7.08. The Hall–Kier alpha value is -2.17. The van der Waals surface area contributed by atoms with Gasteiger partial charge in [0.2, 0.25) is 0 Å². The normalized spacial score (nSPS) is 10.7. The first-order valence-electron chi connectivity index (χ1n) is 8.30. The van der Waals surface area contributed by atoms with Crippen LogP contribution in [0, 0.1) is 0 Å². The van der Waals surface area contributed by atoms with Crippen LogP contribution in [0.3, 0.4) is 0 Å². The number of benzene rings is 1. The molecule has 0 unspecified atom stereocenters. The van der Waals surface area contributed by atoms with Gasteiger partial charge in [0.1, 0.15) is 12.4 Å². The Bertz CT molecular complexity index is 653. The smallest absolute Gasteiger partial charge is 0.185 e. The second-order valence-corrected chi connectivity index (χ2v) is 5.38. The molecule has 5 heteroatoms. The number of allylic oxidation sites excluding steroid dienone is 1. The lowest BCUT2D eigenvalue weighted by Gasteiger charge is -2.17. The molecule has 0 fully saturated rings. The van der Waals surface area contributed by atoms with Crippen molar-refractivity contribution >= 4 is 24.3 Å². The summed E-state index contributed by atoms with van der Waals surface area (Å²) in [6.45, 7) is 7.98. The van der Waals surface area contributed by atoms with E-state index < -0.39 is 0 Å². The first kappa shape index (κ1) is 20.9. The van der Waals surface area contributed by atoms with Crippen molar-refractivity contribution in [2.24, 2.45) is 0 Å². The number of nitrogens with zero attached hydrogens (tertiary/aromatic N) is 2. The van der Waals surface area contributed by atoms with Crippen LogP contribution in [0.4, 0.5) is 0 Å².